The minimum absolute atomic E-state index is 0.167. The van der Waals surface area contributed by atoms with E-state index in [2.05, 4.69) is 29.3 Å². The summed E-state index contributed by atoms with van der Waals surface area (Å²) in [5, 5.41) is 2.92. The average molecular weight is 468 g/mol. The van der Waals surface area contributed by atoms with Gasteiger partial charge in [-0.3, -0.25) is 9.59 Å². The fourth-order valence-corrected chi connectivity index (χ4v) is 5.42. The van der Waals surface area contributed by atoms with E-state index in [0.29, 0.717) is 28.8 Å². The van der Waals surface area contributed by atoms with Crippen LogP contribution in [0.1, 0.15) is 70.9 Å². The number of carbonyl (C=O) groups excluding carboxylic acids is 1. The average Bonchev–Trinajstić information content (AvgIpc) is 3.15. The molecule has 1 saturated carbocycles. The van der Waals surface area contributed by atoms with Crippen molar-refractivity contribution < 1.29 is 14.3 Å². The molecule has 1 aliphatic carbocycles. The van der Waals surface area contributed by atoms with E-state index in [1.807, 2.05) is 46.8 Å². The number of ether oxygens (including phenoxy) is 2. The molecule has 0 radical (unpaired) electrons. The second-order valence-electron chi connectivity index (χ2n) is 10.3. The Morgan fingerprint density at radius 3 is 2.32 bits per heavy atom. The number of pyridine rings is 1. The third-order valence-corrected chi connectivity index (χ3v) is 7.61. The molecule has 7 heteroatoms. The lowest BCUT2D eigenvalue weighted by Gasteiger charge is -2.39. The molecule has 1 atom stereocenters. The number of aryl methyl sites for hydroxylation is 3. The molecule has 1 aromatic heterocycles. The zero-order valence-corrected chi connectivity index (χ0v) is 21.4. The van der Waals surface area contributed by atoms with Crippen LogP contribution in [0, 0.1) is 33.6 Å². The van der Waals surface area contributed by atoms with E-state index >= 15 is 0 Å². The van der Waals surface area contributed by atoms with Crippen LogP contribution in [0.25, 0.3) is 0 Å². The first kappa shape index (κ1) is 24.3. The van der Waals surface area contributed by atoms with E-state index in [4.69, 9.17) is 9.47 Å². The zero-order valence-electron chi connectivity index (χ0n) is 21.4. The van der Waals surface area contributed by atoms with Crippen LogP contribution in [0.3, 0.4) is 0 Å². The topological polar surface area (TPSA) is 83.7 Å². The van der Waals surface area contributed by atoms with Crippen molar-refractivity contribution >= 4 is 5.91 Å². The van der Waals surface area contributed by atoms with Gasteiger partial charge in [0.15, 0.2) is 11.5 Å². The highest BCUT2D eigenvalue weighted by molar-refractivity contribution is 5.97. The van der Waals surface area contributed by atoms with Crippen LogP contribution in [0.2, 0.25) is 0 Å². The minimum Gasteiger partial charge on any atom is -0.448 e. The lowest BCUT2D eigenvalue weighted by Crippen LogP contribution is -2.46. The van der Waals surface area contributed by atoms with Gasteiger partial charge in [0, 0.05) is 47.8 Å². The summed E-state index contributed by atoms with van der Waals surface area (Å²) in [5.41, 5.74) is 4.24. The number of H-pyrrole nitrogens is 1. The van der Waals surface area contributed by atoms with Gasteiger partial charge in [-0.15, -0.1) is 0 Å². The number of hydrogen-bond acceptors (Lipinski definition) is 5. The number of nitrogens with one attached hydrogen (secondary N) is 2. The van der Waals surface area contributed by atoms with Crippen LogP contribution < -0.4 is 20.3 Å². The molecule has 1 aromatic carbocycles. The Kier molecular flexibility index (Phi) is 6.51. The Morgan fingerprint density at radius 2 is 1.71 bits per heavy atom. The maximum Gasteiger partial charge on any atom is 0.253 e. The standard InChI is InChI=1S/C27H37N3O4/c1-15-12-17(3)29-26(32)22(15)14-28-25(31)21-13-16(2)23-24(18(21)4)34-27(5,33-23)19-8-10-20(11-9-19)30(6)7/h12-13,19-20H,8-11,14H2,1-7H3,(H,28,31)(H,29,32)/t19-,20-,27-/m0/s1. The van der Waals surface area contributed by atoms with Gasteiger partial charge in [-0.05, 0) is 90.7 Å². The number of carbonyl (C=O) groups is 1. The molecule has 2 aromatic rings. The van der Waals surface area contributed by atoms with E-state index in [0.717, 1.165) is 53.8 Å². The molecule has 4 rings (SSSR count). The molecule has 0 spiro atoms. The van der Waals surface area contributed by atoms with Crippen molar-refractivity contribution in [3.05, 3.63) is 56.0 Å². The zero-order chi connectivity index (χ0) is 24.8. The summed E-state index contributed by atoms with van der Waals surface area (Å²) in [6, 6.07) is 4.37. The van der Waals surface area contributed by atoms with Crippen LogP contribution in [-0.4, -0.2) is 41.7 Å². The Hall–Kier alpha value is -2.80. The van der Waals surface area contributed by atoms with E-state index < -0.39 is 5.79 Å². The molecular formula is C27H37N3O4. The van der Waals surface area contributed by atoms with Crippen molar-refractivity contribution in [2.45, 2.75) is 78.7 Å². The van der Waals surface area contributed by atoms with E-state index in [1.165, 1.54) is 0 Å². The third kappa shape index (κ3) is 4.45. The molecule has 1 fully saturated rings. The van der Waals surface area contributed by atoms with Crippen LogP contribution in [0.5, 0.6) is 11.5 Å². The van der Waals surface area contributed by atoms with Gasteiger partial charge in [0.1, 0.15) is 0 Å². The molecule has 34 heavy (non-hydrogen) atoms. The van der Waals surface area contributed by atoms with Gasteiger partial charge in [0.25, 0.3) is 17.3 Å². The SMILES string of the molecule is Cc1cc(C)c(CNC(=O)c2cc(C)c3c(c2C)O[C@@](C)([C@H]2CC[C@H](N(C)C)CC2)O3)c(=O)[nH]1. The van der Waals surface area contributed by atoms with Crippen LogP contribution in [0.4, 0.5) is 0 Å². The van der Waals surface area contributed by atoms with Crippen molar-refractivity contribution in [3.63, 3.8) is 0 Å². The Bertz CT molecular complexity index is 1160. The van der Waals surface area contributed by atoms with Crippen LogP contribution in [0.15, 0.2) is 16.9 Å². The first-order valence-corrected chi connectivity index (χ1v) is 12.2. The van der Waals surface area contributed by atoms with Gasteiger partial charge in [-0.25, -0.2) is 0 Å². The molecule has 0 saturated heterocycles. The molecule has 0 unspecified atom stereocenters. The quantitative estimate of drug-likeness (QED) is 0.690. The molecule has 184 valence electrons. The molecule has 1 amide bonds. The molecule has 1 aliphatic heterocycles. The molecule has 2 N–H and O–H groups in total. The highest BCUT2D eigenvalue weighted by Crippen LogP contribution is 2.50. The molecule has 0 bridgehead atoms. The summed E-state index contributed by atoms with van der Waals surface area (Å²) in [6.45, 7) is 9.76. The van der Waals surface area contributed by atoms with Crippen LogP contribution >= 0.6 is 0 Å². The summed E-state index contributed by atoms with van der Waals surface area (Å²) < 4.78 is 12.9. The lowest BCUT2D eigenvalue weighted by atomic mass is 9.81. The number of nitrogens with zero attached hydrogens (tertiary/aromatic N) is 1. The number of rotatable bonds is 5. The maximum absolute atomic E-state index is 13.1. The largest absolute Gasteiger partial charge is 0.448 e. The van der Waals surface area contributed by atoms with Gasteiger partial charge < -0.3 is 24.7 Å². The number of amides is 1. The molecule has 2 aliphatic rings. The second kappa shape index (κ2) is 9.10. The van der Waals surface area contributed by atoms with Crippen molar-refractivity contribution in [1.82, 2.24) is 15.2 Å². The van der Waals surface area contributed by atoms with E-state index in [9.17, 15) is 9.59 Å². The maximum atomic E-state index is 13.1. The molecule has 7 nitrogen and oxygen atoms in total. The lowest BCUT2D eigenvalue weighted by molar-refractivity contribution is -0.123. The number of hydrogen-bond donors (Lipinski definition) is 2. The highest BCUT2D eigenvalue weighted by Gasteiger charge is 2.47. The summed E-state index contributed by atoms with van der Waals surface area (Å²) in [5.74, 6) is 0.732. The van der Waals surface area contributed by atoms with Crippen molar-refractivity contribution in [3.8, 4) is 11.5 Å². The summed E-state index contributed by atoms with van der Waals surface area (Å²) in [7, 11) is 4.28. The monoisotopic (exact) mass is 467 g/mol. The molecule has 2 heterocycles. The summed E-state index contributed by atoms with van der Waals surface area (Å²) >= 11 is 0. The van der Waals surface area contributed by atoms with Crippen molar-refractivity contribution in [1.29, 1.82) is 0 Å². The van der Waals surface area contributed by atoms with Crippen molar-refractivity contribution in [2.24, 2.45) is 5.92 Å². The van der Waals surface area contributed by atoms with E-state index in [-0.39, 0.29) is 18.0 Å². The Balaban J connectivity index is 1.52. The number of aromatic nitrogens is 1. The third-order valence-electron chi connectivity index (χ3n) is 7.61. The van der Waals surface area contributed by atoms with Gasteiger partial charge in [-0.1, -0.05) is 0 Å². The smallest absolute Gasteiger partial charge is 0.253 e. The van der Waals surface area contributed by atoms with Gasteiger partial charge in [0.2, 0.25) is 0 Å². The Labute approximate surface area is 201 Å². The molecular weight excluding hydrogens is 430 g/mol. The first-order chi connectivity index (χ1) is 16.0. The normalized spacial score (nSPS) is 23.9. The summed E-state index contributed by atoms with van der Waals surface area (Å²) in [4.78, 5) is 30.5. The number of benzene rings is 1. The fraction of sp³-hybridized carbons (Fsp3) is 0.556. The Morgan fingerprint density at radius 1 is 1.06 bits per heavy atom. The second-order valence-corrected chi connectivity index (χ2v) is 10.3. The predicted octanol–water partition coefficient (Wildman–Crippen LogP) is 4.15. The predicted molar refractivity (Wildman–Crippen MR) is 133 cm³/mol. The first-order valence-electron chi connectivity index (χ1n) is 12.2. The van der Waals surface area contributed by atoms with Crippen LogP contribution in [-0.2, 0) is 6.54 Å². The fourth-order valence-electron chi connectivity index (χ4n) is 5.42. The number of aromatic amines is 1. The van der Waals surface area contributed by atoms with Crippen molar-refractivity contribution in [2.75, 3.05) is 14.1 Å². The summed E-state index contributed by atoms with van der Waals surface area (Å²) in [6.07, 6.45) is 4.34. The number of fused-ring (bicyclic) bond motifs is 1. The van der Waals surface area contributed by atoms with E-state index in [1.54, 1.807) is 0 Å². The van der Waals surface area contributed by atoms with Gasteiger partial charge in [-0.2, -0.15) is 0 Å². The highest BCUT2D eigenvalue weighted by atomic mass is 16.7. The minimum atomic E-state index is -0.726. The van der Waals surface area contributed by atoms with Gasteiger partial charge in [0.05, 0.1) is 0 Å². The van der Waals surface area contributed by atoms with Gasteiger partial charge >= 0.3 is 0 Å².